The summed E-state index contributed by atoms with van der Waals surface area (Å²) in [4.78, 5) is 8.06. The third kappa shape index (κ3) is 1.57. The van der Waals surface area contributed by atoms with Crippen LogP contribution in [0.3, 0.4) is 0 Å². The average Bonchev–Trinajstić information content (AvgIpc) is 2.71. The molecule has 1 N–H and O–H groups in total. The Bertz CT molecular complexity index is 384. The van der Waals surface area contributed by atoms with E-state index in [2.05, 4.69) is 9.97 Å². The van der Waals surface area contributed by atoms with Crippen molar-refractivity contribution in [3.63, 3.8) is 0 Å². The molecule has 2 aromatic rings. The molecule has 0 fully saturated rings. The molecule has 0 aliphatic carbocycles. The fraction of sp³-hybridized carbons (Fsp3) is 0.111. The smallest absolute Gasteiger partial charge is 0.138 e. The minimum Gasteiger partial charge on any atom is -0.392 e. The quantitative estimate of drug-likeness (QED) is 0.733. The highest BCUT2D eigenvalue weighted by Gasteiger charge is 1.97. The molecule has 0 amide bonds. The molecule has 2 aromatic heterocycles. The second-order valence-electron chi connectivity index (χ2n) is 2.65. The number of hydrogen-bond acceptors (Lipinski definition) is 3. The first kappa shape index (κ1) is 7.94. The van der Waals surface area contributed by atoms with Gasteiger partial charge in [-0.05, 0) is 17.7 Å². The fourth-order valence-corrected chi connectivity index (χ4v) is 1.09. The van der Waals surface area contributed by atoms with Crippen LogP contribution < -0.4 is 0 Å². The van der Waals surface area contributed by atoms with Crippen molar-refractivity contribution >= 4 is 0 Å². The molecule has 0 aromatic carbocycles. The van der Waals surface area contributed by atoms with Crippen molar-refractivity contribution in [3.05, 3.63) is 42.6 Å². The standard InChI is InChI=1S/C9H9N3O/c13-6-8-1-2-11-9(5-8)12-4-3-10-7-12/h1-5,7,13H,6H2. The lowest BCUT2D eigenvalue weighted by Crippen LogP contribution is -1.95. The topological polar surface area (TPSA) is 50.9 Å². The lowest BCUT2D eigenvalue weighted by molar-refractivity contribution is 0.281. The van der Waals surface area contributed by atoms with Crippen LogP contribution in [-0.4, -0.2) is 19.6 Å². The summed E-state index contributed by atoms with van der Waals surface area (Å²) in [5.74, 6) is 0.768. The summed E-state index contributed by atoms with van der Waals surface area (Å²) in [6.07, 6.45) is 6.83. The predicted molar refractivity (Wildman–Crippen MR) is 47.3 cm³/mol. The van der Waals surface area contributed by atoms with Gasteiger partial charge in [0.2, 0.25) is 0 Å². The first-order valence-corrected chi connectivity index (χ1v) is 3.94. The number of aliphatic hydroxyl groups excluding tert-OH is 1. The maximum atomic E-state index is 8.91. The minimum absolute atomic E-state index is 0.0320. The number of aliphatic hydroxyl groups is 1. The van der Waals surface area contributed by atoms with Crippen molar-refractivity contribution in [1.29, 1.82) is 0 Å². The van der Waals surface area contributed by atoms with E-state index in [9.17, 15) is 0 Å². The van der Waals surface area contributed by atoms with E-state index in [-0.39, 0.29) is 6.61 Å². The summed E-state index contributed by atoms with van der Waals surface area (Å²) in [7, 11) is 0. The second-order valence-corrected chi connectivity index (χ2v) is 2.65. The number of nitrogens with zero attached hydrogens (tertiary/aromatic N) is 3. The molecule has 4 nitrogen and oxygen atoms in total. The van der Waals surface area contributed by atoms with E-state index in [4.69, 9.17) is 5.11 Å². The molecule has 0 saturated carbocycles. The zero-order chi connectivity index (χ0) is 9.10. The normalized spacial score (nSPS) is 10.2. The van der Waals surface area contributed by atoms with Crippen LogP contribution in [0, 0.1) is 0 Å². The summed E-state index contributed by atoms with van der Waals surface area (Å²) in [6, 6.07) is 3.60. The van der Waals surface area contributed by atoms with Crippen LogP contribution in [0.15, 0.2) is 37.1 Å². The van der Waals surface area contributed by atoms with Gasteiger partial charge in [0.05, 0.1) is 6.61 Å². The van der Waals surface area contributed by atoms with E-state index in [0.29, 0.717) is 0 Å². The van der Waals surface area contributed by atoms with E-state index in [0.717, 1.165) is 11.4 Å². The third-order valence-electron chi connectivity index (χ3n) is 1.76. The molecule has 0 radical (unpaired) electrons. The highest BCUT2D eigenvalue weighted by atomic mass is 16.3. The zero-order valence-electron chi connectivity index (χ0n) is 6.96. The van der Waals surface area contributed by atoms with E-state index in [1.807, 2.05) is 12.3 Å². The Morgan fingerprint density at radius 2 is 2.31 bits per heavy atom. The Morgan fingerprint density at radius 1 is 1.38 bits per heavy atom. The number of aromatic nitrogens is 3. The molecular weight excluding hydrogens is 166 g/mol. The molecule has 13 heavy (non-hydrogen) atoms. The SMILES string of the molecule is OCc1ccnc(-n2ccnc2)c1. The monoisotopic (exact) mass is 175 g/mol. The van der Waals surface area contributed by atoms with Crippen LogP contribution in [-0.2, 0) is 6.61 Å². The highest BCUT2D eigenvalue weighted by Crippen LogP contribution is 2.06. The first-order valence-electron chi connectivity index (χ1n) is 3.94. The number of pyridine rings is 1. The number of imidazole rings is 1. The van der Waals surface area contributed by atoms with Crippen LogP contribution in [0.5, 0.6) is 0 Å². The van der Waals surface area contributed by atoms with Gasteiger partial charge in [0, 0.05) is 18.6 Å². The Morgan fingerprint density at radius 3 is 3.00 bits per heavy atom. The van der Waals surface area contributed by atoms with Crippen LogP contribution in [0.25, 0.3) is 5.82 Å². The lowest BCUT2D eigenvalue weighted by atomic mass is 10.3. The third-order valence-corrected chi connectivity index (χ3v) is 1.76. The predicted octanol–water partition coefficient (Wildman–Crippen LogP) is 0.760. The fourth-order valence-electron chi connectivity index (χ4n) is 1.09. The average molecular weight is 175 g/mol. The molecule has 0 saturated heterocycles. The van der Waals surface area contributed by atoms with Crippen molar-refractivity contribution in [2.45, 2.75) is 6.61 Å². The molecule has 0 bridgehead atoms. The van der Waals surface area contributed by atoms with Crippen molar-refractivity contribution in [2.75, 3.05) is 0 Å². The molecular formula is C9H9N3O. The summed E-state index contributed by atoms with van der Waals surface area (Å²) in [5, 5.41) is 8.91. The summed E-state index contributed by atoms with van der Waals surface area (Å²) < 4.78 is 1.79. The Balaban J connectivity index is 2.41. The Labute approximate surface area is 75.5 Å². The van der Waals surface area contributed by atoms with E-state index in [1.165, 1.54) is 0 Å². The maximum absolute atomic E-state index is 8.91. The van der Waals surface area contributed by atoms with Crippen LogP contribution in [0.2, 0.25) is 0 Å². The minimum atomic E-state index is 0.0320. The molecule has 0 aliphatic heterocycles. The molecule has 2 heterocycles. The second kappa shape index (κ2) is 3.37. The van der Waals surface area contributed by atoms with Gasteiger partial charge in [0.25, 0.3) is 0 Å². The van der Waals surface area contributed by atoms with E-state index in [1.54, 1.807) is 29.4 Å². The molecule has 0 spiro atoms. The van der Waals surface area contributed by atoms with Gasteiger partial charge in [0.15, 0.2) is 0 Å². The van der Waals surface area contributed by atoms with E-state index >= 15 is 0 Å². The van der Waals surface area contributed by atoms with E-state index < -0.39 is 0 Å². The van der Waals surface area contributed by atoms with Crippen LogP contribution >= 0.6 is 0 Å². The first-order chi connectivity index (χ1) is 6.40. The van der Waals surface area contributed by atoms with Gasteiger partial charge in [-0.25, -0.2) is 9.97 Å². The zero-order valence-corrected chi connectivity index (χ0v) is 6.96. The summed E-state index contributed by atoms with van der Waals surface area (Å²) >= 11 is 0. The van der Waals surface area contributed by atoms with Gasteiger partial charge in [-0.2, -0.15) is 0 Å². The highest BCUT2D eigenvalue weighted by molar-refractivity contribution is 5.27. The summed E-state index contributed by atoms with van der Waals surface area (Å²) in [6.45, 7) is 0.0320. The van der Waals surface area contributed by atoms with Crippen molar-refractivity contribution in [3.8, 4) is 5.82 Å². The molecule has 0 aliphatic rings. The number of hydrogen-bond donors (Lipinski definition) is 1. The van der Waals surface area contributed by atoms with Crippen molar-refractivity contribution < 1.29 is 5.11 Å². The van der Waals surface area contributed by atoms with Gasteiger partial charge >= 0.3 is 0 Å². The van der Waals surface area contributed by atoms with Crippen molar-refractivity contribution in [1.82, 2.24) is 14.5 Å². The van der Waals surface area contributed by atoms with Gasteiger partial charge in [-0.3, -0.25) is 4.57 Å². The Kier molecular flexibility index (Phi) is 2.06. The lowest BCUT2D eigenvalue weighted by Gasteiger charge is -2.01. The largest absolute Gasteiger partial charge is 0.392 e. The molecule has 2 rings (SSSR count). The van der Waals surface area contributed by atoms with Gasteiger partial charge in [-0.1, -0.05) is 0 Å². The number of rotatable bonds is 2. The van der Waals surface area contributed by atoms with Crippen molar-refractivity contribution in [2.24, 2.45) is 0 Å². The Hall–Kier alpha value is -1.68. The van der Waals surface area contributed by atoms with Crippen LogP contribution in [0.1, 0.15) is 5.56 Å². The van der Waals surface area contributed by atoms with Gasteiger partial charge in [0.1, 0.15) is 12.1 Å². The molecule has 66 valence electrons. The summed E-state index contributed by atoms with van der Waals surface area (Å²) in [5.41, 5.74) is 0.846. The molecule has 0 atom stereocenters. The van der Waals surface area contributed by atoms with Gasteiger partial charge in [-0.15, -0.1) is 0 Å². The maximum Gasteiger partial charge on any atom is 0.138 e. The van der Waals surface area contributed by atoms with Crippen LogP contribution in [0.4, 0.5) is 0 Å². The van der Waals surface area contributed by atoms with Gasteiger partial charge < -0.3 is 5.11 Å². The molecule has 4 heteroatoms. The molecule has 0 unspecified atom stereocenters.